The fourth-order valence-corrected chi connectivity index (χ4v) is 3.25. The van der Waals surface area contributed by atoms with Gasteiger partial charge in [0.05, 0.1) is 11.4 Å². The van der Waals surface area contributed by atoms with Crippen molar-refractivity contribution in [2.75, 3.05) is 5.32 Å². The smallest absolute Gasteiger partial charge is 0.143 e. The van der Waals surface area contributed by atoms with Crippen molar-refractivity contribution in [2.24, 2.45) is 11.8 Å². The zero-order valence-electron chi connectivity index (χ0n) is 12.7. The Kier molecular flexibility index (Phi) is 4.18. The normalized spacial score (nSPS) is 22.4. The van der Waals surface area contributed by atoms with E-state index in [0.717, 1.165) is 23.2 Å². The van der Waals surface area contributed by atoms with Gasteiger partial charge in [0.15, 0.2) is 0 Å². The number of tetrazole rings is 1. The molecule has 0 saturated heterocycles. The van der Waals surface area contributed by atoms with Crippen molar-refractivity contribution in [3.05, 3.63) is 30.6 Å². The molecule has 0 amide bonds. The van der Waals surface area contributed by atoms with E-state index in [2.05, 4.69) is 46.8 Å². The fourth-order valence-electron chi connectivity index (χ4n) is 3.25. The highest BCUT2D eigenvalue weighted by Gasteiger charge is 2.24. The Hall–Kier alpha value is -1.91. The molecule has 5 heteroatoms. The fraction of sp³-hybridized carbons (Fsp3) is 0.562. The lowest BCUT2D eigenvalue weighted by atomic mass is 9.79. The molecule has 1 aromatic carbocycles. The third-order valence-corrected chi connectivity index (χ3v) is 4.52. The standard InChI is InChI=1S/C16H23N5/c1-12(2)13-6-5-7-14(10-13)18-15-8-3-4-9-16(15)21-11-17-19-20-21/h3-4,8-9,11-14,18H,5-7,10H2,1-2H3. The van der Waals surface area contributed by atoms with E-state index in [0.29, 0.717) is 6.04 Å². The summed E-state index contributed by atoms with van der Waals surface area (Å²) in [6.45, 7) is 4.67. The van der Waals surface area contributed by atoms with Gasteiger partial charge in [0.2, 0.25) is 0 Å². The van der Waals surface area contributed by atoms with Gasteiger partial charge in [-0.2, -0.15) is 4.68 Å². The van der Waals surface area contributed by atoms with Gasteiger partial charge in [0.25, 0.3) is 0 Å². The van der Waals surface area contributed by atoms with Crippen molar-refractivity contribution in [3.63, 3.8) is 0 Å². The van der Waals surface area contributed by atoms with Gasteiger partial charge in [-0.15, -0.1) is 5.10 Å². The second kappa shape index (κ2) is 6.24. The maximum absolute atomic E-state index is 4.00. The summed E-state index contributed by atoms with van der Waals surface area (Å²) in [7, 11) is 0. The average Bonchev–Trinajstić information content (AvgIpc) is 3.02. The molecule has 1 aliphatic rings. The first-order chi connectivity index (χ1) is 10.2. The minimum atomic E-state index is 0.545. The predicted octanol–water partition coefficient (Wildman–Crippen LogP) is 3.29. The van der Waals surface area contributed by atoms with Crippen molar-refractivity contribution in [2.45, 2.75) is 45.6 Å². The molecule has 5 nitrogen and oxygen atoms in total. The molecule has 0 radical (unpaired) electrons. The van der Waals surface area contributed by atoms with Crippen LogP contribution >= 0.6 is 0 Å². The Balaban J connectivity index is 1.76. The van der Waals surface area contributed by atoms with E-state index in [-0.39, 0.29) is 0 Å². The lowest BCUT2D eigenvalue weighted by molar-refractivity contribution is 0.264. The van der Waals surface area contributed by atoms with Crippen LogP contribution in [0.3, 0.4) is 0 Å². The number of hydrogen-bond donors (Lipinski definition) is 1. The van der Waals surface area contributed by atoms with Crippen molar-refractivity contribution in [1.29, 1.82) is 0 Å². The summed E-state index contributed by atoms with van der Waals surface area (Å²) in [6, 6.07) is 8.76. The van der Waals surface area contributed by atoms with Crippen molar-refractivity contribution in [1.82, 2.24) is 20.2 Å². The summed E-state index contributed by atoms with van der Waals surface area (Å²) in [5.74, 6) is 1.60. The van der Waals surface area contributed by atoms with Gasteiger partial charge in [-0.25, -0.2) is 0 Å². The summed E-state index contributed by atoms with van der Waals surface area (Å²) >= 11 is 0. The van der Waals surface area contributed by atoms with Crippen LogP contribution in [0, 0.1) is 11.8 Å². The SMILES string of the molecule is CC(C)C1CCCC(Nc2ccccc2-n2cnnn2)C1. The molecule has 1 aliphatic carbocycles. The number of benzene rings is 1. The maximum Gasteiger partial charge on any atom is 0.143 e. The second-order valence-corrected chi connectivity index (χ2v) is 6.28. The minimum absolute atomic E-state index is 0.545. The Morgan fingerprint density at radius 2 is 2.10 bits per heavy atom. The number of para-hydroxylation sites is 2. The van der Waals surface area contributed by atoms with Crippen LogP contribution in [0.2, 0.25) is 0 Å². The largest absolute Gasteiger partial charge is 0.381 e. The summed E-state index contributed by atoms with van der Waals surface area (Å²) < 4.78 is 1.71. The van der Waals surface area contributed by atoms with Gasteiger partial charge < -0.3 is 5.32 Å². The molecule has 1 N–H and O–H groups in total. The van der Waals surface area contributed by atoms with E-state index in [9.17, 15) is 0 Å². The number of aromatic nitrogens is 4. The van der Waals surface area contributed by atoms with E-state index in [1.54, 1.807) is 11.0 Å². The molecular weight excluding hydrogens is 262 g/mol. The maximum atomic E-state index is 4.00. The molecule has 1 saturated carbocycles. The first-order valence-electron chi connectivity index (χ1n) is 7.83. The summed E-state index contributed by atoms with van der Waals surface area (Å²) in [6.07, 6.45) is 6.81. The molecule has 1 heterocycles. The molecule has 1 fully saturated rings. The number of rotatable bonds is 4. The molecule has 2 aromatic rings. The zero-order chi connectivity index (χ0) is 14.7. The number of anilines is 1. The topological polar surface area (TPSA) is 55.6 Å². The Bertz CT molecular complexity index is 564. The van der Waals surface area contributed by atoms with Crippen molar-refractivity contribution >= 4 is 5.69 Å². The molecule has 112 valence electrons. The van der Waals surface area contributed by atoms with Crippen LogP contribution < -0.4 is 5.32 Å². The summed E-state index contributed by atoms with van der Waals surface area (Å²) in [5.41, 5.74) is 2.12. The van der Waals surface area contributed by atoms with Crippen LogP contribution in [0.1, 0.15) is 39.5 Å². The van der Waals surface area contributed by atoms with Gasteiger partial charge in [-0.1, -0.05) is 38.8 Å². The van der Waals surface area contributed by atoms with E-state index in [1.807, 2.05) is 12.1 Å². The Morgan fingerprint density at radius 1 is 1.24 bits per heavy atom. The van der Waals surface area contributed by atoms with Gasteiger partial charge >= 0.3 is 0 Å². The van der Waals surface area contributed by atoms with Crippen LogP contribution in [-0.2, 0) is 0 Å². The van der Waals surface area contributed by atoms with Crippen LogP contribution in [0.15, 0.2) is 30.6 Å². The van der Waals surface area contributed by atoms with E-state index >= 15 is 0 Å². The third-order valence-electron chi connectivity index (χ3n) is 4.52. The van der Waals surface area contributed by atoms with Gasteiger partial charge in [-0.3, -0.25) is 0 Å². The number of nitrogens with one attached hydrogen (secondary N) is 1. The number of hydrogen-bond acceptors (Lipinski definition) is 4. The molecule has 0 spiro atoms. The van der Waals surface area contributed by atoms with Crippen LogP contribution in [0.25, 0.3) is 5.69 Å². The first-order valence-corrected chi connectivity index (χ1v) is 7.83. The Morgan fingerprint density at radius 3 is 2.86 bits per heavy atom. The highest BCUT2D eigenvalue weighted by atomic mass is 15.5. The van der Waals surface area contributed by atoms with E-state index < -0.39 is 0 Å². The number of nitrogens with zero attached hydrogens (tertiary/aromatic N) is 4. The highest BCUT2D eigenvalue weighted by Crippen LogP contribution is 2.32. The van der Waals surface area contributed by atoms with Crippen LogP contribution in [0.5, 0.6) is 0 Å². The molecular formula is C16H23N5. The van der Waals surface area contributed by atoms with E-state index in [1.165, 1.54) is 25.7 Å². The quantitative estimate of drug-likeness (QED) is 0.936. The van der Waals surface area contributed by atoms with Crippen LogP contribution in [0.4, 0.5) is 5.69 Å². The molecule has 1 aromatic heterocycles. The van der Waals surface area contributed by atoms with E-state index in [4.69, 9.17) is 0 Å². The second-order valence-electron chi connectivity index (χ2n) is 6.28. The Labute approximate surface area is 125 Å². The average molecular weight is 285 g/mol. The summed E-state index contributed by atoms with van der Waals surface area (Å²) in [5, 5.41) is 15.2. The minimum Gasteiger partial charge on any atom is -0.381 e. The van der Waals surface area contributed by atoms with Gasteiger partial charge in [-0.05, 0) is 47.2 Å². The van der Waals surface area contributed by atoms with Gasteiger partial charge in [0.1, 0.15) is 6.33 Å². The van der Waals surface area contributed by atoms with Crippen molar-refractivity contribution < 1.29 is 0 Å². The third kappa shape index (κ3) is 3.23. The molecule has 2 atom stereocenters. The highest BCUT2D eigenvalue weighted by molar-refractivity contribution is 5.60. The monoisotopic (exact) mass is 285 g/mol. The predicted molar refractivity (Wildman–Crippen MR) is 83.4 cm³/mol. The lowest BCUT2D eigenvalue weighted by Gasteiger charge is -2.33. The van der Waals surface area contributed by atoms with Crippen molar-refractivity contribution in [3.8, 4) is 5.69 Å². The van der Waals surface area contributed by atoms with Crippen LogP contribution in [-0.4, -0.2) is 26.2 Å². The molecule has 0 aliphatic heterocycles. The molecule has 2 unspecified atom stereocenters. The summed E-state index contributed by atoms with van der Waals surface area (Å²) in [4.78, 5) is 0. The first kappa shape index (κ1) is 14.0. The molecule has 21 heavy (non-hydrogen) atoms. The van der Waals surface area contributed by atoms with Gasteiger partial charge in [0, 0.05) is 6.04 Å². The molecule has 3 rings (SSSR count). The zero-order valence-corrected chi connectivity index (χ0v) is 12.7. The lowest BCUT2D eigenvalue weighted by Crippen LogP contribution is -2.29. The molecule has 0 bridgehead atoms.